The fourth-order valence-corrected chi connectivity index (χ4v) is 2.70. The highest BCUT2D eigenvalue weighted by molar-refractivity contribution is 8.00. The first kappa shape index (κ1) is 11.4. The van der Waals surface area contributed by atoms with Crippen molar-refractivity contribution in [3.63, 3.8) is 0 Å². The van der Waals surface area contributed by atoms with Gasteiger partial charge >= 0.3 is 0 Å². The van der Waals surface area contributed by atoms with E-state index in [0.717, 1.165) is 18.6 Å². The Morgan fingerprint density at radius 1 is 1.15 bits per heavy atom. The number of aliphatic hydroxyl groups is 1. The van der Waals surface area contributed by atoms with Crippen molar-refractivity contribution in [1.29, 1.82) is 0 Å². The first-order valence-corrected chi connectivity index (χ1v) is 6.26. The second kappa shape index (κ2) is 4.22. The fourth-order valence-electron chi connectivity index (χ4n) is 1.71. The Kier molecular flexibility index (Phi) is 3.70. The third-order valence-electron chi connectivity index (χ3n) is 2.56. The lowest BCUT2D eigenvalue weighted by Crippen LogP contribution is -2.35. The summed E-state index contributed by atoms with van der Waals surface area (Å²) in [6, 6.07) is 0. The molecule has 0 spiro atoms. The Hall–Kier alpha value is 0.310. The van der Waals surface area contributed by atoms with E-state index in [-0.39, 0.29) is 10.3 Å². The Morgan fingerprint density at radius 2 is 1.69 bits per heavy atom. The molecule has 78 valence electrons. The summed E-state index contributed by atoms with van der Waals surface area (Å²) < 4.78 is 0.285. The van der Waals surface area contributed by atoms with Gasteiger partial charge in [-0.1, -0.05) is 40.0 Å². The van der Waals surface area contributed by atoms with E-state index in [0.29, 0.717) is 0 Å². The molecule has 2 heteroatoms. The van der Waals surface area contributed by atoms with Crippen molar-refractivity contribution in [2.24, 2.45) is 0 Å². The average molecular weight is 202 g/mol. The van der Waals surface area contributed by atoms with Gasteiger partial charge in [0.15, 0.2) is 0 Å². The Bertz CT molecular complexity index is 154. The summed E-state index contributed by atoms with van der Waals surface area (Å²) in [5, 5.41) is 10.2. The number of thioether (sulfide) groups is 1. The smallest absolute Gasteiger partial charge is 0.0738 e. The van der Waals surface area contributed by atoms with Gasteiger partial charge in [0.1, 0.15) is 0 Å². The van der Waals surface area contributed by atoms with Crippen LogP contribution in [-0.4, -0.2) is 21.2 Å². The lowest BCUT2D eigenvalue weighted by molar-refractivity contribution is 0.0271. The average Bonchev–Trinajstić information content (AvgIpc) is 2.02. The predicted octanol–water partition coefficient (Wildman–Crippen LogP) is 3.21. The van der Waals surface area contributed by atoms with E-state index < -0.39 is 0 Å². The Labute approximate surface area is 86.3 Å². The zero-order chi connectivity index (χ0) is 9.95. The molecule has 1 N–H and O–H groups in total. The van der Waals surface area contributed by atoms with Gasteiger partial charge < -0.3 is 5.11 Å². The third-order valence-corrected chi connectivity index (χ3v) is 4.11. The fraction of sp³-hybridized carbons (Fsp3) is 1.00. The minimum absolute atomic E-state index is 0.285. The van der Waals surface area contributed by atoms with Gasteiger partial charge in [-0.05, 0) is 12.8 Å². The predicted molar refractivity (Wildman–Crippen MR) is 60.2 cm³/mol. The number of rotatable bonds is 2. The molecule has 13 heavy (non-hydrogen) atoms. The molecule has 0 unspecified atom stereocenters. The van der Waals surface area contributed by atoms with Gasteiger partial charge in [-0.3, -0.25) is 0 Å². The van der Waals surface area contributed by atoms with Crippen molar-refractivity contribution in [3.8, 4) is 0 Å². The lowest BCUT2D eigenvalue weighted by Gasteiger charge is -2.34. The molecular formula is C11H22OS. The van der Waals surface area contributed by atoms with Gasteiger partial charge in [0, 0.05) is 10.5 Å². The van der Waals surface area contributed by atoms with E-state index in [1.165, 1.54) is 19.3 Å². The molecule has 0 bridgehead atoms. The maximum Gasteiger partial charge on any atom is 0.0738 e. The number of hydrogen-bond donors (Lipinski definition) is 1. The van der Waals surface area contributed by atoms with E-state index >= 15 is 0 Å². The number of hydrogen-bond acceptors (Lipinski definition) is 2. The lowest BCUT2D eigenvalue weighted by atomic mass is 9.86. The molecule has 0 saturated heterocycles. The SMILES string of the molecule is CC(C)(C)SCC1(O)CCCCC1. The van der Waals surface area contributed by atoms with Gasteiger partial charge in [-0.2, -0.15) is 11.8 Å². The van der Waals surface area contributed by atoms with Crippen LogP contribution < -0.4 is 0 Å². The van der Waals surface area contributed by atoms with E-state index in [9.17, 15) is 5.11 Å². The normalized spacial score (nSPS) is 23.1. The molecule has 0 aromatic heterocycles. The summed E-state index contributed by atoms with van der Waals surface area (Å²) in [5.41, 5.74) is -0.351. The van der Waals surface area contributed by atoms with Crippen LogP contribution in [0.4, 0.5) is 0 Å². The minimum atomic E-state index is -0.351. The van der Waals surface area contributed by atoms with E-state index in [1.807, 2.05) is 11.8 Å². The van der Waals surface area contributed by atoms with Crippen LogP contribution in [0.1, 0.15) is 52.9 Å². The van der Waals surface area contributed by atoms with Gasteiger partial charge in [0.05, 0.1) is 5.60 Å². The molecule has 1 fully saturated rings. The molecule has 1 nitrogen and oxygen atoms in total. The quantitative estimate of drug-likeness (QED) is 0.742. The maximum absolute atomic E-state index is 10.2. The van der Waals surface area contributed by atoms with Crippen LogP contribution in [0, 0.1) is 0 Å². The summed E-state index contributed by atoms with van der Waals surface area (Å²) >= 11 is 1.89. The summed E-state index contributed by atoms with van der Waals surface area (Å²) in [7, 11) is 0. The molecule has 1 aliphatic rings. The molecular weight excluding hydrogens is 180 g/mol. The first-order chi connectivity index (χ1) is 5.91. The van der Waals surface area contributed by atoms with Gasteiger partial charge in [0.25, 0.3) is 0 Å². The highest BCUT2D eigenvalue weighted by atomic mass is 32.2. The van der Waals surface area contributed by atoms with Crippen molar-refractivity contribution in [2.75, 3.05) is 5.75 Å². The minimum Gasteiger partial charge on any atom is -0.389 e. The maximum atomic E-state index is 10.2. The second-order valence-corrected chi connectivity index (χ2v) is 6.99. The van der Waals surface area contributed by atoms with Crippen LogP contribution in [0.2, 0.25) is 0 Å². The second-order valence-electron chi connectivity index (χ2n) is 5.19. The van der Waals surface area contributed by atoms with Gasteiger partial charge in [-0.15, -0.1) is 0 Å². The monoisotopic (exact) mass is 202 g/mol. The molecule has 0 aromatic carbocycles. The van der Waals surface area contributed by atoms with Crippen LogP contribution in [0.15, 0.2) is 0 Å². The summed E-state index contributed by atoms with van der Waals surface area (Å²) in [6.07, 6.45) is 5.75. The first-order valence-electron chi connectivity index (χ1n) is 5.28. The molecule has 0 aromatic rings. The summed E-state index contributed by atoms with van der Waals surface area (Å²) in [4.78, 5) is 0. The Morgan fingerprint density at radius 3 is 2.15 bits per heavy atom. The van der Waals surface area contributed by atoms with Crippen molar-refractivity contribution < 1.29 is 5.11 Å². The van der Waals surface area contributed by atoms with Crippen molar-refractivity contribution in [3.05, 3.63) is 0 Å². The molecule has 1 saturated carbocycles. The summed E-state index contributed by atoms with van der Waals surface area (Å²) in [6.45, 7) is 6.64. The van der Waals surface area contributed by atoms with Crippen LogP contribution in [0.5, 0.6) is 0 Å². The zero-order valence-corrected chi connectivity index (χ0v) is 9.91. The van der Waals surface area contributed by atoms with Crippen LogP contribution in [0.25, 0.3) is 0 Å². The van der Waals surface area contributed by atoms with E-state index in [1.54, 1.807) is 0 Å². The van der Waals surface area contributed by atoms with Crippen molar-refractivity contribution >= 4 is 11.8 Å². The molecule has 0 aliphatic heterocycles. The molecule has 1 aliphatic carbocycles. The van der Waals surface area contributed by atoms with Gasteiger partial charge in [-0.25, -0.2) is 0 Å². The molecule has 0 atom stereocenters. The largest absolute Gasteiger partial charge is 0.389 e. The van der Waals surface area contributed by atoms with E-state index in [2.05, 4.69) is 20.8 Å². The zero-order valence-electron chi connectivity index (χ0n) is 9.10. The van der Waals surface area contributed by atoms with Crippen LogP contribution in [-0.2, 0) is 0 Å². The highest BCUT2D eigenvalue weighted by Gasteiger charge is 2.30. The standard InChI is InChI=1S/C11H22OS/c1-10(2,3)13-9-11(12)7-5-4-6-8-11/h12H,4-9H2,1-3H3. The van der Waals surface area contributed by atoms with Gasteiger partial charge in [0.2, 0.25) is 0 Å². The van der Waals surface area contributed by atoms with Crippen molar-refractivity contribution in [2.45, 2.75) is 63.2 Å². The topological polar surface area (TPSA) is 20.2 Å². The Balaban J connectivity index is 2.33. The van der Waals surface area contributed by atoms with E-state index in [4.69, 9.17) is 0 Å². The molecule has 1 rings (SSSR count). The highest BCUT2D eigenvalue weighted by Crippen LogP contribution is 2.34. The molecule has 0 amide bonds. The molecule has 0 radical (unpaired) electrons. The summed E-state index contributed by atoms with van der Waals surface area (Å²) in [5.74, 6) is 0.913. The van der Waals surface area contributed by atoms with Crippen LogP contribution >= 0.6 is 11.8 Å². The third kappa shape index (κ3) is 4.37. The van der Waals surface area contributed by atoms with Crippen molar-refractivity contribution in [1.82, 2.24) is 0 Å². The molecule has 0 heterocycles. The van der Waals surface area contributed by atoms with Crippen LogP contribution in [0.3, 0.4) is 0 Å².